The van der Waals surface area contributed by atoms with E-state index in [-0.39, 0.29) is 12.2 Å². The summed E-state index contributed by atoms with van der Waals surface area (Å²) in [6.45, 7) is 1.84. The summed E-state index contributed by atoms with van der Waals surface area (Å²) in [5.41, 5.74) is 1.43. The van der Waals surface area contributed by atoms with E-state index in [1.807, 2.05) is 6.07 Å². The fraction of sp³-hybridized carbons (Fsp3) is 0.148. The zero-order valence-corrected chi connectivity index (χ0v) is 21.5. The monoisotopic (exact) mass is 539 g/mol. The van der Waals surface area contributed by atoms with Crippen LogP contribution < -0.4 is 24.8 Å². The topological polar surface area (TPSA) is 110 Å². The molecule has 2 amide bonds. The first-order valence-electron chi connectivity index (χ1n) is 11.0. The summed E-state index contributed by atoms with van der Waals surface area (Å²) < 4.78 is 16.4. The summed E-state index contributed by atoms with van der Waals surface area (Å²) in [6, 6.07) is 18.2. The van der Waals surface area contributed by atoms with Gasteiger partial charge in [0.2, 0.25) is 0 Å². The van der Waals surface area contributed by atoms with E-state index in [0.29, 0.717) is 50.8 Å². The number of nitrogens with one attached hydrogen (secondary N) is 2. The second kappa shape index (κ2) is 13.2. The molecule has 2 N–H and O–H groups in total. The van der Waals surface area contributed by atoms with Crippen molar-refractivity contribution in [3.05, 3.63) is 81.8 Å². The van der Waals surface area contributed by atoms with Crippen LogP contribution in [0.2, 0.25) is 10.0 Å². The third-order valence-corrected chi connectivity index (χ3v) is 5.59. The van der Waals surface area contributed by atoms with Crippen LogP contribution in [0.4, 0.5) is 11.4 Å². The molecule has 0 saturated carbocycles. The van der Waals surface area contributed by atoms with Crippen molar-refractivity contribution in [2.24, 2.45) is 0 Å². The third kappa shape index (κ3) is 7.90. The second-order valence-corrected chi connectivity index (χ2v) is 8.27. The van der Waals surface area contributed by atoms with Crippen molar-refractivity contribution >= 4 is 52.5 Å². The molecule has 37 heavy (non-hydrogen) atoms. The maximum Gasteiger partial charge on any atom is 0.266 e. The summed E-state index contributed by atoms with van der Waals surface area (Å²) in [4.78, 5) is 24.9. The Morgan fingerprint density at radius 2 is 1.65 bits per heavy atom. The summed E-state index contributed by atoms with van der Waals surface area (Å²) in [5.74, 6) is 0.347. The normalized spacial score (nSPS) is 10.7. The van der Waals surface area contributed by atoms with Gasteiger partial charge in [0.1, 0.15) is 17.4 Å². The van der Waals surface area contributed by atoms with E-state index in [1.165, 1.54) is 12.1 Å². The maximum absolute atomic E-state index is 12.6. The minimum Gasteiger partial charge on any atom is -0.497 e. The number of ether oxygens (including phenoxy) is 3. The number of hydrogen-bond donors (Lipinski definition) is 2. The van der Waals surface area contributed by atoms with Crippen molar-refractivity contribution < 1.29 is 23.8 Å². The van der Waals surface area contributed by atoms with Gasteiger partial charge in [0.15, 0.2) is 18.1 Å². The molecule has 0 aliphatic carbocycles. The highest BCUT2D eigenvalue weighted by atomic mass is 35.5. The summed E-state index contributed by atoms with van der Waals surface area (Å²) in [6.07, 6.45) is 1.43. The van der Waals surface area contributed by atoms with Gasteiger partial charge in [-0.25, -0.2) is 0 Å². The zero-order chi connectivity index (χ0) is 26.8. The molecule has 10 heteroatoms. The molecule has 8 nitrogen and oxygen atoms in total. The van der Waals surface area contributed by atoms with Crippen molar-refractivity contribution in [3.8, 4) is 23.3 Å². The van der Waals surface area contributed by atoms with Crippen molar-refractivity contribution in [2.45, 2.75) is 6.92 Å². The lowest BCUT2D eigenvalue weighted by atomic mass is 10.1. The summed E-state index contributed by atoms with van der Waals surface area (Å²) in [7, 11) is 1.55. The molecular formula is C27H23Cl2N3O5. The fourth-order valence-corrected chi connectivity index (χ4v) is 3.40. The van der Waals surface area contributed by atoms with Crippen molar-refractivity contribution in [1.82, 2.24) is 0 Å². The standard InChI is InChI=1S/C27H23Cl2N3O5/c1-3-36-25-13-17(12-18(15-30)27(34)32-19-5-8-21(35-2)9-6-19)4-11-24(25)37-16-26(33)31-20-7-10-22(28)23(29)14-20/h4-14H,3,16H2,1-2H3,(H,31,33)(H,32,34)/b18-12-. The Bertz CT molecular complexity index is 1350. The molecule has 0 bridgehead atoms. The fourth-order valence-electron chi connectivity index (χ4n) is 3.10. The Morgan fingerprint density at radius 3 is 2.30 bits per heavy atom. The van der Waals surface area contributed by atoms with Crippen molar-refractivity contribution in [2.75, 3.05) is 31.0 Å². The van der Waals surface area contributed by atoms with E-state index in [2.05, 4.69) is 10.6 Å². The highest BCUT2D eigenvalue weighted by molar-refractivity contribution is 6.42. The van der Waals surface area contributed by atoms with Crippen LogP contribution in [0.1, 0.15) is 12.5 Å². The van der Waals surface area contributed by atoms with Gasteiger partial charge in [0.05, 0.1) is 23.8 Å². The van der Waals surface area contributed by atoms with Gasteiger partial charge in [-0.05, 0) is 73.2 Å². The highest BCUT2D eigenvalue weighted by Gasteiger charge is 2.13. The summed E-state index contributed by atoms with van der Waals surface area (Å²) in [5, 5.41) is 15.6. The number of halogens is 2. The minimum atomic E-state index is -0.565. The number of anilines is 2. The molecular weight excluding hydrogens is 517 g/mol. The molecule has 0 aliphatic rings. The number of carbonyl (C=O) groups excluding carboxylic acids is 2. The molecule has 0 spiro atoms. The molecule has 0 unspecified atom stereocenters. The van der Waals surface area contributed by atoms with Crippen molar-refractivity contribution in [1.29, 1.82) is 5.26 Å². The molecule has 0 radical (unpaired) electrons. The van der Waals surface area contributed by atoms with Crippen LogP contribution in [-0.4, -0.2) is 32.1 Å². The third-order valence-electron chi connectivity index (χ3n) is 4.85. The number of hydrogen-bond acceptors (Lipinski definition) is 6. The van der Waals surface area contributed by atoms with Gasteiger partial charge in [-0.1, -0.05) is 29.3 Å². The number of carbonyl (C=O) groups is 2. The number of nitriles is 1. The molecule has 0 atom stereocenters. The van der Waals surface area contributed by atoms with Crippen LogP contribution in [0, 0.1) is 11.3 Å². The Kier molecular flexibility index (Phi) is 9.78. The number of amides is 2. The second-order valence-electron chi connectivity index (χ2n) is 7.46. The molecule has 0 aliphatic heterocycles. The van der Waals surface area contributed by atoms with Crippen LogP contribution >= 0.6 is 23.2 Å². The van der Waals surface area contributed by atoms with Gasteiger partial charge >= 0.3 is 0 Å². The number of nitrogens with zero attached hydrogens (tertiary/aromatic N) is 1. The average molecular weight is 540 g/mol. The molecule has 0 aromatic heterocycles. The SMILES string of the molecule is CCOc1cc(/C=C(/C#N)C(=O)Nc2ccc(OC)cc2)ccc1OCC(=O)Nc1ccc(Cl)c(Cl)c1. The lowest BCUT2D eigenvalue weighted by Crippen LogP contribution is -2.20. The van der Waals surface area contributed by atoms with E-state index >= 15 is 0 Å². The number of methoxy groups -OCH3 is 1. The molecule has 3 aromatic carbocycles. The van der Waals surface area contributed by atoms with E-state index in [4.69, 9.17) is 37.4 Å². The van der Waals surface area contributed by atoms with E-state index < -0.39 is 11.8 Å². The quantitative estimate of drug-likeness (QED) is 0.243. The molecule has 190 valence electrons. The van der Waals surface area contributed by atoms with Gasteiger partial charge in [0, 0.05) is 11.4 Å². The Morgan fingerprint density at radius 1 is 0.919 bits per heavy atom. The van der Waals surface area contributed by atoms with Crippen LogP contribution in [0.3, 0.4) is 0 Å². The van der Waals surface area contributed by atoms with Gasteiger partial charge in [-0.3, -0.25) is 9.59 Å². The van der Waals surface area contributed by atoms with Crippen LogP contribution in [0.25, 0.3) is 6.08 Å². The largest absolute Gasteiger partial charge is 0.497 e. The Labute approximate surface area is 224 Å². The van der Waals surface area contributed by atoms with Crippen LogP contribution in [-0.2, 0) is 9.59 Å². The minimum absolute atomic E-state index is 0.104. The highest BCUT2D eigenvalue weighted by Crippen LogP contribution is 2.30. The van der Waals surface area contributed by atoms with Crippen LogP contribution in [0.15, 0.2) is 66.2 Å². The van der Waals surface area contributed by atoms with Gasteiger partial charge < -0.3 is 24.8 Å². The number of benzene rings is 3. The first-order valence-corrected chi connectivity index (χ1v) is 11.8. The maximum atomic E-state index is 12.6. The molecule has 3 aromatic rings. The van der Waals surface area contributed by atoms with Crippen LogP contribution in [0.5, 0.6) is 17.2 Å². The molecule has 0 heterocycles. The first kappa shape index (κ1) is 27.4. The van der Waals surface area contributed by atoms with E-state index in [0.717, 1.165) is 0 Å². The molecule has 0 fully saturated rings. The average Bonchev–Trinajstić information content (AvgIpc) is 2.89. The summed E-state index contributed by atoms with van der Waals surface area (Å²) >= 11 is 11.9. The van der Waals surface area contributed by atoms with E-state index in [9.17, 15) is 14.9 Å². The smallest absolute Gasteiger partial charge is 0.266 e. The Balaban J connectivity index is 1.69. The predicted molar refractivity (Wildman–Crippen MR) is 143 cm³/mol. The lowest BCUT2D eigenvalue weighted by molar-refractivity contribution is -0.118. The Hall–Kier alpha value is -4.19. The predicted octanol–water partition coefficient (Wildman–Crippen LogP) is 5.96. The van der Waals surface area contributed by atoms with Gasteiger partial charge in [-0.2, -0.15) is 5.26 Å². The zero-order valence-electron chi connectivity index (χ0n) is 20.0. The molecule has 3 rings (SSSR count). The lowest BCUT2D eigenvalue weighted by Gasteiger charge is -2.13. The van der Waals surface area contributed by atoms with Crippen molar-refractivity contribution in [3.63, 3.8) is 0 Å². The van der Waals surface area contributed by atoms with E-state index in [1.54, 1.807) is 68.6 Å². The molecule has 0 saturated heterocycles. The number of rotatable bonds is 10. The van der Waals surface area contributed by atoms with Gasteiger partial charge in [-0.15, -0.1) is 0 Å². The first-order chi connectivity index (χ1) is 17.8. The van der Waals surface area contributed by atoms with Gasteiger partial charge in [0.25, 0.3) is 11.8 Å².